The number of carbonyl (C=O) groups excluding carboxylic acids is 1. The van der Waals surface area contributed by atoms with Gasteiger partial charge < -0.3 is 19.8 Å². The number of quaternary nitrogens is 1. The summed E-state index contributed by atoms with van der Waals surface area (Å²) >= 11 is 0. The summed E-state index contributed by atoms with van der Waals surface area (Å²) in [5.41, 5.74) is 0. The van der Waals surface area contributed by atoms with Crippen molar-refractivity contribution in [3.8, 4) is 0 Å². The number of aliphatic hydroxyl groups is 1. The molecule has 0 saturated heterocycles. The van der Waals surface area contributed by atoms with E-state index >= 15 is 0 Å². The van der Waals surface area contributed by atoms with E-state index < -0.39 is 20.0 Å². The maximum atomic E-state index is 12.8. The number of nitrogens with one attached hydrogen (secondary N) is 1. The topological polar surface area (TPSA) is 105 Å². The number of likely N-dealkylation sites (N-methyl/N-ethyl adjacent to an activating group) is 1. The average molecular weight is 758 g/mol. The zero-order chi connectivity index (χ0) is 38.6. The number of amides is 1. The van der Waals surface area contributed by atoms with Crippen LogP contribution >= 0.6 is 7.82 Å². The van der Waals surface area contributed by atoms with Crippen LogP contribution in [-0.4, -0.2) is 73.4 Å². The summed E-state index contributed by atoms with van der Waals surface area (Å²) in [6, 6.07) is -0.846. The highest BCUT2D eigenvalue weighted by Gasteiger charge is 2.27. The minimum atomic E-state index is -4.33. The largest absolute Gasteiger partial charge is 0.472 e. The van der Waals surface area contributed by atoms with Crippen LogP contribution in [0.1, 0.15) is 194 Å². The molecule has 52 heavy (non-hydrogen) atoms. The van der Waals surface area contributed by atoms with Gasteiger partial charge in [-0.3, -0.25) is 13.8 Å². The number of phosphoric acid groups is 1. The Morgan fingerprint density at radius 1 is 0.635 bits per heavy atom. The quantitative estimate of drug-likeness (QED) is 0.0250. The molecule has 0 fully saturated rings. The van der Waals surface area contributed by atoms with Gasteiger partial charge in [-0.15, -0.1) is 0 Å². The Morgan fingerprint density at radius 3 is 1.54 bits per heavy atom. The van der Waals surface area contributed by atoms with Crippen LogP contribution in [0.5, 0.6) is 0 Å². The zero-order valence-electron chi connectivity index (χ0n) is 34.8. The standard InChI is InChI=1S/C43H85N2O6P/c1-6-8-10-12-14-16-18-19-20-21-22-23-24-25-27-28-30-32-34-36-42(46)41(40-51-52(48,49)50-39-38-45(3,4)5)44-43(47)37-35-33-31-29-26-17-15-13-11-9-7-2/h13,15,34,36,41-42,46H,6-12,14,16-33,35,37-40H2,1-5H3,(H-,44,47,48,49)/p+1/b15-13-,36-34+. The molecule has 3 unspecified atom stereocenters. The molecule has 9 heteroatoms. The van der Waals surface area contributed by atoms with Gasteiger partial charge in [0.1, 0.15) is 13.2 Å². The molecule has 0 spiro atoms. The number of phosphoric ester groups is 1. The molecule has 0 aromatic rings. The Bertz CT molecular complexity index is 907. The predicted octanol–water partition coefficient (Wildman–Crippen LogP) is 11.7. The number of nitrogens with zero attached hydrogens (tertiary/aromatic N) is 1. The second-order valence-electron chi connectivity index (χ2n) is 16.1. The molecule has 0 aliphatic heterocycles. The smallest absolute Gasteiger partial charge is 0.387 e. The lowest BCUT2D eigenvalue weighted by Crippen LogP contribution is -2.45. The molecule has 0 rings (SSSR count). The van der Waals surface area contributed by atoms with Crippen LogP contribution in [0.4, 0.5) is 0 Å². The van der Waals surface area contributed by atoms with Crippen LogP contribution in [0.2, 0.25) is 0 Å². The third-order valence-corrected chi connectivity index (χ3v) is 10.6. The van der Waals surface area contributed by atoms with E-state index in [-0.39, 0.29) is 19.1 Å². The molecule has 0 radical (unpaired) electrons. The molecule has 0 bridgehead atoms. The van der Waals surface area contributed by atoms with Crippen LogP contribution < -0.4 is 5.32 Å². The van der Waals surface area contributed by atoms with Crippen LogP contribution in [0.15, 0.2) is 24.3 Å². The average Bonchev–Trinajstić information content (AvgIpc) is 3.09. The van der Waals surface area contributed by atoms with Crippen molar-refractivity contribution < 1.29 is 32.9 Å². The van der Waals surface area contributed by atoms with Crippen molar-refractivity contribution in [1.29, 1.82) is 0 Å². The van der Waals surface area contributed by atoms with E-state index in [0.29, 0.717) is 17.4 Å². The molecule has 8 nitrogen and oxygen atoms in total. The lowest BCUT2D eigenvalue weighted by Gasteiger charge is -2.25. The van der Waals surface area contributed by atoms with Crippen LogP contribution in [0.3, 0.4) is 0 Å². The maximum absolute atomic E-state index is 12.8. The molecular weight excluding hydrogens is 671 g/mol. The lowest BCUT2D eigenvalue weighted by atomic mass is 10.0. The highest BCUT2D eigenvalue weighted by Crippen LogP contribution is 2.43. The minimum absolute atomic E-state index is 0.0608. The molecular formula is C43H86N2O6P+. The third kappa shape index (κ3) is 37.3. The van der Waals surface area contributed by atoms with Crippen molar-refractivity contribution in [2.75, 3.05) is 40.9 Å². The van der Waals surface area contributed by atoms with Gasteiger partial charge in [0.15, 0.2) is 0 Å². The fraction of sp³-hybridized carbons (Fsp3) is 0.884. The van der Waals surface area contributed by atoms with Gasteiger partial charge in [0, 0.05) is 6.42 Å². The summed E-state index contributed by atoms with van der Waals surface area (Å²) in [6.07, 6.45) is 41.0. The first-order chi connectivity index (χ1) is 25.0. The van der Waals surface area contributed by atoms with Gasteiger partial charge in [-0.1, -0.05) is 173 Å². The number of unbranched alkanes of at least 4 members (excludes halogenated alkanes) is 24. The number of hydrogen-bond acceptors (Lipinski definition) is 5. The first-order valence-electron chi connectivity index (χ1n) is 21.7. The number of carbonyl (C=O) groups is 1. The van der Waals surface area contributed by atoms with Gasteiger partial charge in [-0.2, -0.15) is 0 Å². The van der Waals surface area contributed by atoms with Crippen LogP contribution in [0.25, 0.3) is 0 Å². The molecule has 0 aromatic heterocycles. The minimum Gasteiger partial charge on any atom is -0.387 e. The summed E-state index contributed by atoms with van der Waals surface area (Å²) < 4.78 is 23.5. The van der Waals surface area contributed by atoms with Crippen LogP contribution in [-0.2, 0) is 18.4 Å². The van der Waals surface area contributed by atoms with E-state index in [1.165, 1.54) is 122 Å². The van der Waals surface area contributed by atoms with Crippen molar-refractivity contribution >= 4 is 13.7 Å². The molecule has 0 heterocycles. The van der Waals surface area contributed by atoms with Crippen molar-refractivity contribution in [3.63, 3.8) is 0 Å². The van der Waals surface area contributed by atoms with Gasteiger partial charge in [0.05, 0.1) is 39.9 Å². The van der Waals surface area contributed by atoms with Gasteiger partial charge in [-0.25, -0.2) is 4.57 Å². The van der Waals surface area contributed by atoms with E-state index in [2.05, 4.69) is 31.3 Å². The zero-order valence-corrected chi connectivity index (χ0v) is 35.7. The summed E-state index contributed by atoms with van der Waals surface area (Å²) in [4.78, 5) is 23.0. The highest BCUT2D eigenvalue weighted by molar-refractivity contribution is 7.47. The predicted molar refractivity (Wildman–Crippen MR) is 221 cm³/mol. The number of aliphatic hydroxyl groups excluding tert-OH is 1. The van der Waals surface area contributed by atoms with Gasteiger partial charge in [0.25, 0.3) is 0 Å². The Morgan fingerprint density at radius 2 is 1.06 bits per heavy atom. The second kappa shape index (κ2) is 35.7. The molecule has 1 amide bonds. The van der Waals surface area contributed by atoms with Crippen molar-refractivity contribution in [1.82, 2.24) is 5.32 Å². The van der Waals surface area contributed by atoms with Gasteiger partial charge >= 0.3 is 7.82 Å². The monoisotopic (exact) mass is 758 g/mol. The summed E-state index contributed by atoms with van der Waals surface area (Å²) in [7, 11) is 1.57. The summed E-state index contributed by atoms with van der Waals surface area (Å²) in [5.74, 6) is -0.188. The summed E-state index contributed by atoms with van der Waals surface area (Å²) in [6.45, 7) is 4.77. The first-order valence-corrected chi connectivity index (χ1v) is 23.2. The highest BCUT2D eigenvalue weighted by atomic mass is 31.2. The number of allylic oxidation sites excluding steroid dienone is 3. The molecule has 0 saturated carbocycles. The Kier molecular flexibility index (Phi) is 35.0. The van der Waals surface area contributed by atoms with Crippen molar-refractivity contribution in [2.24, 2.45) is 0 Å². The van der Waals surface area contributed by atoms with Crippen LogP contribution in [0, 0.1) is 0 Å². The van der Waals surface area contributed by atoms with Gasteiger partial charge in [0.2, 0.25) is 5.91 Å². The second-order valence-corrected chi connectivity index (χ2v) is 17.5. The lowest BCUT2D eigenvalue weighted by molar-refractivity contribution is -0.870. The van der Waals surface area contributed by atoms with E-state index in [9.17, 15) is 19.4 Å². The Hall–Kier alpha value is -1.02. The first kappa shape index (κ1) is 51.0. The van der Waals surface area contributed by atoms with Gasteiger partial charge in [-0.05, 0) is 38.5 Å². The Balaban J connectivity index is 4.40. The fourth-order valence-corrected chi connectivity index (χ4v) is 6.87. The normalized spacial score (nSPS) is 14.7. The maximum Gasteiger partial charge on any atom is 0.472 e. The molecule has 3 atom stereocenters. The third-order valence-electron chi connectivity index (χ3n) is 9.67. The van der Waals surface area contributed by atoms with E-state index in [1.54, 1.807) is 6.08 Å². The molecule has 3 N–H and O–H groups in total. The fourth-order valence-electron chi connectivity index (χ4n) is 6.14. The molecule has 0 aliphatic carbocycles. The molecule has 0 aliphatic rings. The molecule has 0 aromatic carbocycles. The van der Waals surface area contributed by atoms with Crippen molar-refractivity contribution in [3.05, 3.63) is 24.3 Å². The van der Waals surface area contributed by atoms with E-state index in [4.69, 9.17) is 9.05 Å². The summed E-state index contributed by atoms with van der Waals surface area (Å²) in [5, 5.41) is 13.8. The number of hydrogen-bond donors (Lipinski definition) is 3. The Labute approximate surface area is 322 Å². The SMILES string of the molecule is CCCC/C=C\CCCCCCCC(=O)NC(COP(=O)(O)OCC[N+](C)(C)C)C(O)/C=C/CCCCCCCCCCCCCCCCCCC. The number of rotatable bonds is 39. The van der Waals surface area contributed by atoms with E-state index in [1.807, 2.05) is 27.2 Å². The van der Waals surface area contributed by atoms with Crippen molar-refractivity contribution in [2.45, 2.75) is 206 Å². The van der Waals surface area contributed by atoms with E-state index in [0.717, 1.165) is 51.4 Å². The molecule has 308 valence electrons.